The highest BCUT2D eigenvalue weighted by molar-refractivity contribution is 5.64. The van der Waals surface area contributed by atoms with Crippen LogP contribution in [0.2, 0.25) is 0 Å². The van der Waals surface area contributed by atoms with E-state index < -0.39 is 0 Å². The van der Waals surface area contributed by atoms with E-state index in [0.29, 0.717) is 12.1 Å². The molecule has 2 bridgehead atoms. The lowest BCUT2D eigenvalue weighted by molar-refractivity contribution is 0.141. The van der Waals surface area contributed by atoms with Gasteiger partial charge >= 0.3 is 0 Å². The fraction of sp³-hybridized carbons (Fsp3) is 0.522. The summed E-state index contributed by atoms with van der Waals surface area (Å²) in [6.07, 6.45) is 7.20. The topological polar surface area (TPSA) is 19.4 Å². The van der Waals surface area contributed by atoms with E-state index in [0.717, 1.165) is 30.6 Å². The maximum Gasteiger partial charge on any atom is 0.0515 e. The Labute approximate surface area is 157 Å². The average molecular weight is 348 g/mol. The van der Waals surface area contributed by atoms with Crippen LogP contribution in [0, 0.1) is 13.8 Å². The summed E-state index contributed by atoms with van der Waals surface area (Å²) >= 11 is 0. The third-order valence-corrected chi connectivity index (χ3v) is 7.09. The summed E-state index contributed by atoms with van der Waals surface area (Å²) in [5.74, 6) is 0.717. The van der Waals surface area contributed by atoms with Gasteiger partial charge in [0.15, 0.2) is 0 Å². The molecule has 2 saturated heterocycles. The van der Waals surface area contributed by atoms with Crippen LogP contribution in [0.4, 0.5) is 5.69 Å². The molecule has 3 aliphatic heterocycles. The smallest absolute Gasteiger partial charge is 0.0515 e. The van der Waals surface area contributed by atoms with Crippen molar-refractivity contribution >= 4 is 5.69 Å². The number of benzene rings is 1. The molecule has 3 nitrogen and oxygen atoms in total. The van der Waals surface area contributed by atoms with Crippen LogP contribution in [-0.4, -0.2) is 41.6 Å². The van der Waals surface area contributed by atoms with Crippen molar-refractivity contribution in [2.75, 3.05) is 18.5 Å². The first-order chi connectivity index (χ1) is 12.6. The van der Waals surface area contributed by atoms with Crippen LogP contribution in [0.15, 0.2) is 36.5 Å². The largest absolute Gasteiger partial charge is 0.366 e. The molecule has 2 fully saturated rings. The van der Waals surface area contributed by atoms with Gasteiger partial charge in [-0.2, -0.15) is 0 Å². The number of likely N-dealkylation sites (N-methyl/N-ethyl adjacent to an activating group) is 1. The molecule has 1 aromatic carbocycles. The van der Waals surface area contributed by atoms with Gasteiger partial charge in [0, 0.05) is 42.1 Å². The number of hydrogen-bond donors (Lipinski definition) is 0. The van der Waals surface area contributed by atoms with Gasteiger partial charge in [-0.3, -0.25) is 9.88 Å². The molecule has 0 radical (unpaired) electrons. The molecule has 3 unspecified atom stereocenters. The maximum absolute atomic E-state index is 4.48. The number of pyridine rings is 1. The number of hydrogen-bond acceptors (Lipinski definition) is 3. The third-order valence-electron chi connectivity index (χ3n) is 7.09. The van der Waals surface area contributed by atoms with Crippen molar-refractivity contribution in [2.45, 2.75) is 63.6 Å². The Hall–Kier alpha value is -1.87. The summed E-state index contributed by atoms with van der Waals surface area (Å²) in [5, 5.41) is 0. The van der Waals surface area contributed by atoms with Gasteiger partial charge in [-0.25, -0.2) is 0 Å². The third kappa shape index (κ3) is 2.48. The number of aromatic nitrogens is 1. The number of anilines is 1. The molecule has 4 atom stereocenters. The van der Waals surface area contributed by atoms with Crippen LogP contribution in [-0.2, 0) is 6.42 Å². The predicted molar refractivity (Wildman–Crippen MR) is 107 cm³/mol. The monoisotopic (exact) mass is 347 g/mol. The normalized spacial score (nSPS) is 29.7. The first-order valence-corrected chi connectivity index (χ1v) is 10.1. The molecule has 2 aromatic rings. The lowest BCUT2D eigenvalue weighted by Crippen LogP contribution is -2.54. The van der Waals surface area contributed by atoms with E-state index in [4.69, 9.17) is 0 Å². The zero-order valence-corrected chi connectivity index (χ0v) is 16.2. The summed E-state index contributed by atoms with van der Waals surface area (Å²) in [4.78, 5) is 9.90. The highest BCUT2D eigenvalue weighted by atomic mass is 15.3. The molecule has 0 N–H and O–H groups in total. The number of rotatable bonds is 3. The molecule has 0 amide bonds. The summed E-state index contributed by atoms with van der Waals surface area (Å²) in [6, 6.07) is 13.7. The molecule has 0 spiro atoms. The van der Waals surface area contributed by atoms with E-state index in [1.165, 1.54) is 36.1 Å². The number of aryl methyl sites for hydroxylation is 2. The van der Waals surface area contributed by atoms with Crippen LogP contribution in [0.1, 0.15) is 47.6 Å². The van der Waals surface area contributed by atoms with Crippen molar-refractivity contribution in [3.63, 3.8) is 0 Å². The van der Waals surface area contributed by atoms with Gasteiger partial charge in [0.2, 0.25) is 0 Å². The Morgan fingerprint density at radius 3 is 2.81 bits per heavy atom. The molecule has 5 rings (SSSR count). The van der Waals surface area contributed by atoms with Crippen molar-refractivity contribution in [3.8, 4) is 0 Å². The molecular weight excluding hydrogens is 318 g/mol. The van der Waals surface area contributed by atoms with Crippen LogP contribution in [0.5, 0.6) is 0 Å². The average Bonchev–Trinajstić information content (AvgIpc) is 3.05. The van der Waals surface area contributed by atoms with E-state index in [2.05, 4.69) is 72.2 Å². The standard InChI is InChI=1S/C23H29N3/c1-15-4-8-21-19(12-15)20-13-18-7-9-22(25(18)3)23(20)26(21)11-10-17-6-5-16(2)24-14-17/h4-6,8,12,14,18,20,22-23H,7,9-11,13H2,1-3H3/t18-,20?,22?,23?/m1/s1. The Morgan fingerprint density at radius 2 is 2.00 bits per heavy atom. The molecule has 3 heteroatoms. The Bertz CT molecular complexity index is 813. The summed E-state index contributed by atoms with van der Waals surface area (Å²) in [5.41, 5.74) is 6.95. The van der Waals surface area contributed by atoms with Gasteiger partial charge < -0.3 is 4.90 Å². The van der Waals surface area contributed by atoms with Crippen molar-refractivity contribution in [3.05, 3.63) is 58.9 Å². The number of fused-ring (bicyclic) bond motifs is 6. The molecule has 0 saturated carbocycles. The Balaban J connectivity index is 1.47. The Kier molecular flexibility index (Phi) is 3.82. The van der Waals surface area contributed by atoms with Gasteiger partial charge in [-0.05, 0) is 69.8 Å². The van der Waals surface area contributed by atoms with Crippen LogP contribution in [0.3, 0.4) is 0 Å². The second kappa shape index (κ2) is 6.09. The molecule has 4 heterocycles. The van der Waals surface area contributed by atoms with E-state index in [-0.39, 0.29) is 0 Å². The predicted octanol–water partition coefficient (Wildman–Crippen LogP) is 4.08. The molecule has 26 heavy (non-hydrogen) atoms. The first kappa shape index (κ1) is 16.3. The minimum atomic E-state index is 0.647. The summed E-state index contributed by atoms with van der Waals surface area (Å²) in [6.45, 7) is 5.39. The molecule has 0 aliphatic carbocycles. The highest BCUT2D eigenvalue weighted by Crippen LogP contribution is 2.52. The van der Waals surface area contributed by atoms with Crippen molar-refractivity contribution < 1.29 is 0 Å². The molecular formula is C23H29N3. The summed E-state index contributed by atoms with van der Waals surface area (Å²) in [7, 11) is 2.36. The zero-order valence-electron chi connectivity index (χ0n) is 16.2. The fourth-order valence-corrected chi connectivity index (χ4v) is 5.73. The molecule has 1 aromatic heterocycles. The van der Waals surface area contributed by atoms with E-state index in [9.17, 15) is 0 Å². The van der Waals surface area contributed by atoms with Crippen molar-refractivity contribution in [1.29, 1.82) is 0 Å². The first-order valence-electron chi connectivity index (χ1n) is 10.1. The van der Waals surface area contributed by atoms with Gasteiger partial charge in [-0.1, -0.05) is 23.8 Å². The van der Waals surface area contributed by atoms with Gasteiger partial charge in [-0.15, -0.1) is 0 Å². The molecule has 136 valence electrons. The fourth-order valence-electron chi connectivity index (χ4n) is 5.73. The lowest BCUT2D eigenvalue weighted by Gasteiger charge is -2.44. The van der Waals surface area contributed by atoms with Gasteiger partial charge in [0.05, 0.1) is 6.04 Å². The second-order valence-corrected chi connectivity index (χ2v) is 8.61. The SMILES string of the molecule is Cc1ccc2c(c1)C1C[C@H]3CCC(C1N2CCc1ccc(C)nc1)N3C. The van der Waals surface area contributed by atoms with Crippen LogP contribution in [0.25, 0.3) is 0 Å². The number of nitrogens with zero attached hydrogens (tertiary/aromatic N) is 3. The number of piperidine rings is 1. The minimum absolute atomic E-state index is 0.647. The van der Waals surface area contributed by atoms with E-state index >= 15 is 0 Å². The maximum atomic E-state index is 4.48. The quantitative estimate of drug-likeness (QED) is 0.834. The molecule has 3 aliphatic rings. The van der Waals surface area contributed by atoms with Gasteiger partial charge in [0.25, 0.3) is 0 Å². The highest BCUT2D eigenvalue weighted by Gasteiger charge is 2.52. The van der Waals surface area contributed by atoms with Crippen molar-refractivity contribution in [1.82, 2.24) is 9.88 Å². The van der Waals surface area contributed by atoms with E-state index in [1.807, 2.05) is 0 Å². The summed E-state index contributed by atoms with van der Waals surface area (Å²) < 4.78 is 0. The zero-order chi connectivity index (χ0) is 17.8. The van der Waals surface area contributed by atoms with Crippen LogP contribution >= 0.6 is 0 Å². The lowest BCUT2D eigenvalue weighted by atomic mass is 9.83. The van der Waals surface area contributed by atoms with Crippen molar-refractivity contribution in [2.24, 2.45) is 0 Å². The Morgan fingerprint density at radius 1 is 1.12 bits per heavy atom. The van der Waals surface area contributed by atoms with Crippen LogP contribution < -0.4 is 4.90 Å². The second-order valence-electron chi connectivity index (χ2n) is 8.61. The van der Waals surface area contributed by atoms with E-state index in [1.54, 1.807) is 5.56 Å². The minimum Gasteiger partial charge on any atom is -0.366 e. The van der Waals surface area contributed by atoms with Gasteiger partial charge in [0.1, 0.15) is 0 Å².